The quantitative estimate of drug-likeness (QED) is 0.258. The van der Waals surface area contributed by atoms with Crippen molar-refractivity contribution in [2.45, 2.75) is 6.92 Å². The van der Waals surface area contributed by atoms with Crippen LogP contribution in [0.25, 0.3) is 0 Å². The van der Waals surface area contributed by atoms with E-state index in [1.807, 2.05) is 0 Å². The average Bonchev–Trinajstić information content (AvgIpc) is 2.70. The van der Waals surface area contributed by atoms with Gasteiger partial charge in [-0.25, -0.2) is 0 Å². The maximum atomic E-state index is 7.50. The second kappa shape index (κ2) is 28100. The third-order valence-electron chi connectivity index (χ3n) is 0. The molecule has 0 aromatic rings. The van der Waals surface area contributed by atoms with Crippen LogP contribution in [0.4, 0.5) is 0 Å². The molecule has 0 heterocycles. The summed E-state index contributed by atoms with van der Waals surface area (Å²) in [4.78, 5) is 0. The molecule has 0 aliphatic carbocycles. The fraction of sp³-hybridized carbons (Fsp3) is 0.0909. The fourth-order valence-electron chi connectivity index (χ4n) is 0. The van der Waals surface area contributed by atoms with Gasteiger partial charge in [0.25, 0.3) is 0 Å². The second-order valence-electron chi connectivity index (χ2n) is 0.224. The van der Waals surface area contributed by atoms with Gasteiger partial charge in [0.15, 0.2) is 0 Å². The minimum Gasteiger partial charge on any atom is 0 e. The monoisotopic (exact) mass is 667 g/mol. The first-order valence-electron chi connectivity index (χ1n) is 2.56. The first kappa shape index (κ1) is 100. The molecule has 120 valence electrons. The van der Waals surface area contributed by atoms with Gasteiger partial charge in [0.1, 0.15) is 0 Å². The molecule has 0 saturated heterocycles. The van der Waals surface area contributed by atoms with Crippen molar-refractivity contribution >= 4 is 0 Å². The SMILES string of the molecule is CC#N.[C-]#[O+].[C-]#[O+].[C-]#[O+].[C-]#[O+].[C-]#[O+].[C-]#[O+].[C-]#[O+].[C-]#[O+].[C-]#[O+].[Re].[Re]. The molecule has 0 unspecified atom stereocenters. The number of hydrogen-bond donors (Lipinski definition) is 0. The smallest absolute Gasteiger partial charge is 0 e. The van der Waals surface area contributed by atoms with Gasteiger partial charge in [-0.3, -0.25) is 0 Å². The van der Waals surface area contributed by atoms with Crippen LogP contribution in [0.2, 0.25) is 0 Å². The Kier molecular flexibility index (Phi) is 123000. The molecule has 0 N–H and O–H groups in total. The summed E-state index contributed by atoms with van der Waals surface area (Å²) in [7, 11) is 0. The van der Waals surface area contributed by atoms with Crippen molar-refractivity contribution in [1.82, 2.24) is 0 Å². The van der Waals surface area contributed by atoms with Crippen molar-refractivity contribution in [2.24, 2.45) is 0 Å². The number of hydrogen-bond acceptors (Lipinski definition) is 1. The van der Waals surface area contributed by atoms with Crippen molar-refractivity contribution in [3.8, 4) is 6.07 Å². The van der Waals surface area contributed by atoms with Crippen LogP contribution in [-0.4, -0.2) is 0 Å². The van der Waals surface area contributed by atoms with Crippen LogP contribution >= 0.6 is 0 Å². The van der Waals surface area contributed by atoms with Crippen molar-refractivity contribution in [1.29, 1.82) is 5.26 Å². The van der Waals surface area contributed by atoms with Crippen molar-refractivity contribution in [2.75, 3.05) is 0 Å². The predicted molar refractivity (Wildman–Crippen MR) is 46.7 cm³/mol. The van der Waals surface area contributed by atoms with E-state index in [2.05, 4.69) is 59.9 Å². The van der Waals surface area contributed by atoms with Gasteiger partial charge in [0, 0.05) is 47.8 Å². The summed E-state index contributed by atoms with van der Waals surface area (Å²) in [5.41, 5.74) is 0. The molecular formula is C11H3NO9Re2. The second-order valence-corrected chi connectivity index (χ2v) is 0.224. The fourth-order valence-corrected chi connectivity index (χ4v) is 0. The van der Waals surface area contributed by atoms with E-state index in [0.29, 0.717) is 0 Å². The molecule has 0 aromatic carbocycles. The summed E-state index contributed by atoms with van der Waals surface area (Å²) in [5, 5.41) is 7.32. The molecule has 2 radical (unpaired) electrons. The molecule has 10 nitrogen and oxygen atoms in total. The van der Waals surface area contributed by atoms with Gasteiger partial charge in [-0.05, 0) is 0 Å². The van der Waals surface area contributed by atoms with Crippen LogP contribution in [-0.2, 0) is 82.7 Å². The molecule has 12 heteroatoms. The van der Waals surface area contributed by atoms with Crippen LogP contribution < -0.4 is 0 Å². The topological polar surface area (TPSA) is 203 Å². The van der Waals surface area contributed by atoms with Crippen LogP contribution in [0.3, 0.4) is 0 Å². The van der Waals surface area contributed by atoms with Crippen LogP contribution in [0.5, 0.6) is 0 Å². The Morgan fingerprint density at radius 3 is 0.435 bits per heavy atom. The first-order chi connectivity index (χ1) is 10.4. The summed E-state index contributed by atoms with van der Waals surface area (Å²) >= 11 is 0. The Morgan fingerprint density at radius 2 is 0.435 bits per heavy atom. The Balaban J connectivity index is -0.00000000581. The molecule has 0 bridgehead atoms. The number of rotatable bonds is 0. The van der Waals surface area contributed by atoms with E-state index in [1.54, 1.807) is 6.07 Å². The zero-order chi connectivity index (χ0) is 20.7. The third kappa shape index (κ3) is 3000. The van der Waals surface area contributed by atoms with Crippen molar-refractivity contribution < 1.29 is 82.7 Å². The third-order valence-corrected chi connectivity index (χ3v) is 0. The van der Waals surface area contributed by atoms with E-state index >= 15 is 0 Å². The molecular weight excluding hydrogens is 663 g/mol. The van der Waals surface area contributed by atoms with Crippen LogP contribution in [0.1, 0.15) is 6.92 Å². The van der Waals surface area contributed by atoms with E-state index in [-0.39, 0.29) is 40.8 Å². The summed E-state index contributed by atoms with van der Waals surface area (Å²) < 4.78 is 67.5. The van der Waals surface area contributed by atoms with E-state index in [4.69, 9.17) is 47.1 Å². The minimum absolute atomic E-state index is 0. The number of nitrogens with zero attached hydrogens (tertiary/aromatic N) is 1. The molecule has 0 aliphatic heterocycles. The Hall–Kier alpha value is -1.53. The van der Waals surface area contributed by atoms with E-state index in [1.165, 1.54) is 6.92 Å². The summed E-state index contributed by atoms with van der Waals surface area (Å²) in [6.07, 6.45) is 0. The van der Waals surface area contributed by atoms with Crippen LogP contribution in [0.15, 0.2) is 0 Å². The molecule has 0 spiro atoms. The van der Waals surface area contributed by atoms with Gasteiger partial charge in [-0.15, -0.1) is 0 Å². The van der Waals surface area contributed by atoms with E-state index in [9.17, 15) is 0 Å². The Bertz CT molecular complexity index is 230. The summed E-state index contributed by atoms with van der Waals surface area (Å²) in [6, 6.07) is 1.75. The van der Waals surface area contributed by atoms with Gasteiger partial charge >= 0.3 is 102 Å². The van der Waals surface area contributed by atoms with Gasteiger partial charge < -0.3 is 0 Å². The molecule has 0 fully saturated rings. The molecule has 0 aromatic heterocycles. The van der Waals surface area contributed by atoms with Gasteiger partial charge in [-0.2, -0.15) is 5.26 Å². The predicted octanol–water partition coefficient (Wildman–Crippen LogP) is 0.187. The Labute approximate surface area is 160 Å². The molecule has 23 heavy (non-hydrogen) atoms. The standard InChI is InChI=1S/C2H3N.9CO.2Re/c1-2-3;9*1-2;;/h1H3;;;;;;;;;;;. The maximum Gasteiger partial charge on any atom is 0 e. The minimum atomic E-state index is 0. The maximum absolute atomic E-state index is 7.50. The first-order valence-corrected chi connectivity index (χ1v) is 2.56. The molecule has 0 aliphatic rings. The van der Waals surface area contributed by atoms with Crippen molar-refractivity contribution in [3.63, 3.8) is 0 Å². The molecule has 0 amide bonds. The van der Waals surface area contributed by atoms with Crippen molar-refractivity contribution in [3.05, 3.63) is 59.9 Å². The largest absolute Gasteiger partial charge is 0 e. The molecule has 0 atom stereocenters. The zero-order valence-corrected chi connectivity index (χ0v) is 16.3. The molecule has 0 saturated carbocycles. The summed E-state index contributed by atoms with van der Waals surface area (Å²) in [6.45, 7) is 41.9. The average molecular weight is 666 g/mol. The zero-order valence-electron chi connectivity index (χ0n) is 10.9. The Morgan fingerprint density at radius 1 is 0.435 bits per heavy atom. The van der Waals surface area contributed by atoms with Gasteiger partial charge in [0.2, 0.25) is 0 Å². The van der Waals surface area contributed by atoms with Gasteiger partial charge in [-0.1, -0.05) is 0 Å². The summed E-state index contributed by atoms with van der Waals surface area (Å²) in [5.74, 6) is 0. The normalized spacial score (nSPS) is 1.13. The van der Waals surface area contributed by atoms with Crippen LogP contribution in [0, 0.1) is 71.2 Å². The number of nitriles is 1. The molecule has 0 rings (SSSR count). The van der Waals surface area contributed by atoms with E-state index in [0.717, 1.165) is 0 Å². The van der Waals surface area contributed by atoms with E-state index < -0.39 is 0 Å². The van der Waals surface area contributed by atoms with Gasteiger partial charge in [0.05, 0.1) is 6.07 Å².